The topological polar surface area (TPSA) is 194 Å². The molecule has 0 bridgehead atoms. The fourth-order valence-electron chi connectivity index (χ4n) is 8.00. The molecule has 422 valence electrons. The van der Waals surface area contributed by atoms with Gasteiger partial charge in [-0.05, 0) is 139 Å². The summed E-state index contributed by atoms with van der Waals surface area (Å²) < 4.78 is 149. The van der Waals surface area contributed by atoms with Gasteiger partial charge in [-0.1, -0.05) is 82.8 Å². The summed E-state index contributed by atoms with van der Waals surface area (Å²) in [6, 6.07) is 22.6. The molecule has 0 amide bonds. The number of benzene rings is 4. The van der Waals surface area contributed by atoms with Crippen LogP contribution in [0.15, 0.2) is 119 Å². The molecule has 4 aromatic heterocycles. The number of carbonyl (C=O) groups is 3. The highest BCUT2D eigenvalue weighted by molar-refractivity contribution is 7.90. The number of ketones is 1. The van der Waals surface area contributed by atoms with Gasteiger partial charge in [-0.3, -0.25) is 4.79 Å². The Hall–Kier alpha value is -6.53. The molecular weight excluding hydrogens is 1180 g/mol. The van der Waals surface area contributed by atoms with Crippen LogP contribution in [0.1, 0.15) is 118 Å². The first-order valence-corrected chi connectivity index (χ1v) is 27.7. The summed E-state index contributed by atoms with van der Waals surface area (Å²) >= 11 is 25.6. The maximum Gasteiger partial charge on any atom is 0.433 e. The molecule has 4 heterocycles. The zero-order valence-electron chi connectivity index (χ0n) is 43.0. The summed E-state index contributed by atoms with van der Waals surface area (Å²) in [4.78, 5) is 46.1. The number of carbonyl (C=O) groups excluding carboxylic acids is 3. The molecule has 8 rings (SSSR count). The monoisotopic (exact) mass is 1230 g/mol. The van der Waals surface area contributed by atoms with E-state index in [9.17, 15) is 62.7 Å². The Bertz CT molecular complexity index is 4030. The van der Waals surface area contributed by atoms with Gasteiger partial charge in [-0.15, -0.1) is 0 Å². The molecule has 1 N–H and O–H groups in total. The van der Waals surface area contributed by atoms with Crippen molar-refractivity contribution in [3.05, 3.63) is 185 Å². The average Bonchev–Trinajstić information content (AvgIpc) is 3.95. The third-order valence-electron chi connectivity index (χ3n) is 11.5. The first-order valence-electron chi connectivity index (χ1n) is 23.3. The molecule has 26 heteroatoms. The molecule has 0 radical (unpaired) electrons. The molecule has 0 spiro atoms. The number of hydrogen-bond donors (Lipinski definition) is 1. The predicted octanol–water partition coefficient (Wildman–Crippen LogP) is 14.0. The molecule has 0 saturated carbocycles. The van der Waals surface area contributed by atoms with Crippen molar-refractivity contribution in [1.29, 1.82) is 0 Å². The maximum atomic E-state index is 14.0. The molecule has 0 fully saturated rings. The quantitative estimate of drug-likeness (QED) is 0.0775. The van der Waals surface area contributed by atoms with Crippen molar-refractivity contribution in [2.75, 3.05) is 0 Å². The number of nitrogens with zero attached hydrogens (tertiary/aromatic N) is 4. The number of aryl methyl sites for hydroxylation is 2. The van der Waals surface area contributed by atoms with Crippen molar-refractivity contribution in [2.45, 2.75) is 94.8 Å². The Morgan fingerprint density at radius 2 is 0.963 bits per heavy atom. The van der Waals surface area contributed by atoms with Crippen molar-refractivity contribution < 1.29 is 72.1 Å². The lowest BCUT2D eigenvalue weighted by atomic mass is 10.0. The van der Waals surface area contributed by atoms with Crippen LogP contribution < -0.4 is 0 Å². The molecular formula is C54H44Cl4F6N4O10S2. The number of aliphatic hydroxyl groups excluding tert-OH is 1. The first-order chi connectivity index (χ1) is 36.9. The third kappa shape index (κ3) is 12.4. The normalized spacial score (nSPS) is 13.0. The van der Waals surface area contributed by atoms with Gasteiger partial charge in [0.25, 0.3) is 20.0 Å². The van der Waals surface area contributed by atoms with E-state index in [0.717, 1.165) is 18.2 Å². The second-order valence-electron chi connectivity index (χ2n) is 19.7. The van der Waals surface area contributed by atoms with Gasteiger partial charge in [0.15, 0.2) is 11.3 Å². The number of esters is 2. The van der Waals surface area contributed by atoms with Gasteiger partial charge >= 0.3 is 24.3 Å². The molecule has 1 atom stereocenters. The van der Waals surface area contributed by atoms with E-state index in [4.69, 9.17) is 55.9 Å². The van der Waals surface area contributed by atoms with E-state index >= 15 is 0 Å². The van der Waals surface area contributed by atoms with Crippen LogP contribution >= 0.6 is 46.4 Å². The Labute approximate surface area is 473 Å². The number of alkyl halides is 6. The highest BCUT2D eigenvalue weighted by atomic mass is 35.5. The van der Waals surface area contributed by atoms with E-state index in [1.807, 2.05) is 0 Å². The van der Waals surface area contributed by atoms with Crippen LogP contribution in [0.5, 0.6) is 0 Å². The van der Waals surface area contributed by atoms with Gasteiger partial charge < -0.3 is 14.6 Å². The fraction of sp³-hybridized carbons (Fsp3) is 0.241. The molecule has 0 aliphatic heterocycles. The number of rotatable bonds is 10. The second kappa shape index (κ2) is 22.1. The highest BCUT2D eigenvalue weighted by Gasteiger charge is 2.39. The molecule has 0 aliphatic rings. The van der Waals surface area contributed by atoms with Crippen LogP contribution in [0.3, 0.4) is 0 Å². The van der Waals surface area contributed by atoms with Crippen LogP contribution in [0.25, 0.3) is 22.1 Å². The minimum absolute atomic E-state index is 0.0214. The summed E-state index contributed by atoms with van der Waals surface area (Å²) in [5, 5.41) is 10.5. The third-order valence-corrected chi connectivity index (χ3v) is 16.4. The van der Waals surface area contributed by atoms with Crippen molar-refractivity contribution in [3.63, 3.8) is 0 Å². The summed E-state index contributed by atoms with van der Waals surface area (Å²) in [5.41, 5.74) is -7.56. The van der Waals surface area contributed by atoms with Crippen LogP contribution in [-0.2, 0) is 41.9 Å². The van der Waals surface area contributed by atoms with Gasteiger partial charge in [0.2, 0.25) is 5.78 Å². The highest BCUT2D eigenvalue weighted by Crippen LogP contribution is 2.42. The van der Waals surface area contributed by atoms with E-state index in [0.29, 0.717) is 7.94 Å². The fourth-order valence-corrected chi connectivity index (χ4v) is 12.3. The molecule has 0 saturated heterocycles. The summed E-state index contributed by atoms with van der Waals surface area (Å²) in [5.74, 6) is -2.76. The maximum absolute atomic E-state index is 14.0. The Morgan fingerprint density at radius 3 is 1.40 bits per heavy atom. The zero-order valence-corrected chi connectivity index (χ0v) is 47.6. The van der Waals surface area contributed by atoms with Crippen molar-refractivity contribution in [3.8, 4) is 0 Å². The van der Waals surface area contributed by atoms with Crippen molar-refractivity contribution >= 4 is 106 Å². The summed E-state index contributed by atoms with van der Waals surface area (Å²) in [6.45, 7) is 12.5. The molecule has 1 unspecified atom stereocenters. The molecule has 4 aromatic carbocycles. The minimum atomic E-state index is -4.90. The smallest absolute Gasteiger partial charge is 0.433 e. The first kappa shape index (κ1) is 61.1. The van der Waals surface area contributed by atoms with Crippen LogP contribution in [0.2, 0.25) is 20.1 Å². The number of hydrogen-bond acceptors (Lipinski definition) is 12. The Balaban J connectivity index is 0.000000231. The lowest BCUT2D eigenvalue weighted by Crippen LogP contribution is -2.24. The molecule has 80 heavy (non-hydrogen) atoms. The Morgan fingerprint density at radius 1 is 0.562 bits per heavy atom. The minimum Gasteiger partial charge on any atom is -0.456 e. The van der Waals surface area contributed by atoms with E-state index in [2.05, 4.69) is 9.97 Å². The van der Waals surface area contributed by atoms with Crippen molar-refractivity contribution in [2.24, 2.45) is 0 Å². The largest absolute Gasteiger partial charge is 0.456 e. The average molecular weight is 1230 g/mol. The van der Waals surface area contributed by atoms with Gasteiger partial charge in [0, 0.05) is 21.4 Å². The number of pyridine rings is 2. The molecule has 14 nitrogen and oxygen atoms in total. The second-order valence-corrected chi connectivity index (χ2v) is 24.9. The predicted molar refractivity (Wildman–Crippen MR) is 288 cm³/mol. The lowest BCUT2D eigenvalue weighted by molar-refractivity contribution is -0.141. The van der Waals surface area contributed by atoms with Gasteiger partial charge in [0.1, 0.15) is 34.4 Å². The lowest BCUT2D eigenvalue weighted by Gasteiger charge is -2.22. The van der Waals surface area contributed by atoms with E-state index in [1.54, 1.807) is 53.7 Å². The van der Waals surface area contributed by atoms with E-state index in [1.165, 1.54) is 92.7 Å². The number of fused-ring (bicyclic) bond motifs is 2. The zero-order chi connectivity index (χ0) is 59.6. The molecule has 0 aliphatic carbocycles. The number of aliphatic hydroxyl groups is 1. The SMILES string of the molecule is Cc1cc(C(F)(F)F)nc2c1cc(C(=O)c1c(Cl)ccc(C(=O)OC(C)(C)C)c1Cl)n2S(=O)(=O)c1ccccc1.Cc1cc(C(F)(F)F)nc2c1cc(C(O)c1c(Cl)ccc(C(=O)OC(C)(C)C)c1Cl)n2S(=O)(=O)c1ccccc1. The number of halogens is 10. The van der Waals surface area contributed by atoms with Crippen LogP contribution in [0.4, 0.5) is 26.3 Å². The van der Waals surface area contributed by atoms with Crippen molar-refractivity contribution in [1.82, 2.24) is 17.9 Å². The van der Waals surface area contributed by atoms with Gasteiger partial charge in [-0.25, -0.2) is 44.3 Å². The summed E-state index contributed by atoms with van der Waals surface area (Å²) in [7, 11) is -9.28. The van der Waals surface area contributed by atoms with E-state index in [-0.39, 0.29) is 69.1 Å². The van der Waals surface area contributed by atoms with Crippen LogP contribution in [0, 0.1) is 13.8 Å². The van der Waals surface area contributed by atoms with Gasteiger partial charge in [-0.2, -0.15) is 26.3 Å². The summed E-state index contributed by atoms with van der Waals surface area (Å²) in [6.07, 6.45) is -11.7. The number of ether oxygens (including phenoxy) is 2. The standard InChI is InChI=1S/C27H23Cl2F3N2O5S.C27H21Cl2F3N2O5S/c2*1-14-12-20(27(30,31)32)33-24-17(14)13-19(34(24)40(37,38)15-8-6-5-7-9-15)23(35)21-18(28)11-10-16(22(21)29)25(36)39-26(2,3)4/h5-13,23,35H,1-4H3;5-13H,1-4H3. The molecule has 8 aromatic rings. The Kier molecular flexibility index (Phi) is 16.9. The number of aromatic nitrogens is 4. The van der Waals surface area contributed by atoms with E-state index < -0.39 is 106 Å². The van der Waals surface area contributed by atoms with Crippen LogP contribution in [-0.4, -0.2) is 68.8 Å². The van der Waals surface area contributed by atoms with Gasteiger partial charge in [0.05, 0.1) is 47.2 Å².